The number of phenolic OH excluding ortho intramolecular Hbond substituents is 2. The van der Waals surface area contributed by atoms with E-state index in [9.17, 15) is 14.4 Å². The molecule has 0 saturated heterocycles. The summed E-state index contributed by atoms with van der Waals surface area (Å²) in [5.74, 6) is -0.680. The van der Waals surface area contributed by atoms with Crippen molar-refractivity contribution < 1.29 is 14.4 Å². The lowest BCUT2D eigenvalue weighted by Gasteiger charge is -2.27. The second kappa shape index (κ2) is 4.79. The van der Waals surface area contributed by atoms with Gasteiger partial charge in [-0.15, -0.1) is 0 Å². The molecule has 1 aliphatic heterocycles. The highest BCUT2D eigenvalue weighted by Gasteiger charge is 2.25. The first-order valence-corrected chi connectivity index (χ1v) is 7.77. The van der Waals surface area contributed by atoms with E-state index in [2.05, 4.69) is 11.4 Å². The largest absolute Gasteiger partial charge is 0.504 e. The summed E-state index contributed by atoms with van der Waals surface area (Å²) in [5.41, 5.74) is 2.37. The van der Waals surface area contributed by atoms with Gasteiger partial charge in [0.05, 0.1) is 33.4 Å². The summed E-state index contributed by atoms with van der Waals surface area (Å²) >= 11 is 0. The van der Waals surface area contributed by atoms with Gasteiger partial charge in [0.15, 0.2) is 11.5 Å². The maximum atomic E-state index is 11.6. The monoisotopic (exact) mass is 300 g/mol. The smallest absolute Gasteiger partial charge is 0.174 e. The van der Waals surface area contributed by atoms with Crippen LogP contribution in [0, 0.1) is 11.3 Å². The number of rotatable bonds is 1. The molecule has 21 heavy (non-hydrogen) atoms. The van der Waals surface area contributed by atoms with Gasteiger partial charge in [-0.1, -0.05) is 6.08 Å². The lowest BCUT2D eigenvalue weighted by Crippen LogP contribution is -2.24. The number of benzene rings is 1. The lowest BCUT2D eigenvalue weighted by atomic mass is 9.91. The molecule has 1 aromatic carbocycles. The fourth-order valence-corrected chi connectivity index (χ4v) is 3.08. The molecular formula is C15H12N2O3S. The van der Waals surface area contributed by atoms with Crippen LogP contribution in [-0.4, -0.2) is 26.7 Å². The molecule has 3 rings (SSSR count). The zero-order chi connectivity index (χ0) is 15.1. The van der Waals surface area contributed by atoms with Crippen LogP contribution in [0.1, 0.15) is 5.56 Å². The fraction of sp³-hybridized carbons (Fsp3) is 0.133. The summed E-state index contributed by atoms with van der Waals surface area (Å²) < 4.78 is 11.6. The first-order chi connectivity index (χ1) is 10.0. The van der Waals surface area contributed by atoms with Crippen LogP contribution in [-0.2, 0) is 10.8 Å². The number of fused-ring (bicyclic) bond motifs is 2. The van der Waals surface area contributed by atoms with Crippen molar-refractivity contribution in [3.63, 3.8) is 0 Å². The van der Waals surface area contributed by atoms with Gasteiger partial charge in [0.25, 0.3) is 0 Å². The van der Waals surface area contributed by atoms with Crippen molar-refractivity contribution in [3.8, 4) is 17.6 Å². The third-order valence-electron chi connectivity index (χ3n) is 3.49. The van der Waals surface area contributed by atoms with Gasteiger partial charge in [0.1, 0.15) is 0 Å². The van der Waals surface area contributed by atoms with E-state index in [-0.39, 0.29) is 22.4 Å². The Morgan fingerprint density at radius 2 is 2.10 bits per heavy atom. The number of hydrogen-bond acceptors (Lipinski definition) is 5. The molecule has 1 aromatic rings. The van der Waals surface area contributed by atoms with E-state index in [0.29, 0.717) is 16.8 Å². The minimum atomic E-state index is -1.41. The van der Waals surface area contributed by atoms with Crippen LogP contribution in [0.4, 0.5) is 5.69 Å². The van der Waals surface area contributed by atoms with Gasteiger partial charge in [0.2, 0.25) is 0 Å². The highest BCUT2D eigenvalue weighted by molar-refractivity contribution is 7.84. The van der Waals surface area contributed by atoms with Crippen molar-refractivity contribution in [2.24, 2.45) is 0 Å². The van der Waals surface area contributed by atoms with Crippen molar-refractivity contribution in [1.29, 1.82) is 5.26 Å². The normalized spacial score (nSPS) is 20.3. The molecule has 2 unspecified atom stereocenters. The summed E-state index contributed by atoms with van der Waals surface area (Å²) in [7, 11) is -1.41. The molecule has 1 aliphatic carbocycles. The Labute approximate surface area is 124 Å². The molecule has 0 radical (unpaired) electrons. The second-order valence-electron chi connectivity index (χ2n) is 4.82. The maximum Gasteiger partial charge on any atom is 0.174 e. The van der Waals surface area contributed by atoms with Gasteiger partial charge in [-0.05, 0) is 29.9 Å². The van der Waals surface area contributed by atoms with Crippen molar-refractivity contribution >= 4 is 22.6 Å². The van der Waals surface area contributed by atoms with E-state index >= 15 is 0 Å². The van der Waals surface area contributed by atoms with Crippen LogP contribution < -0.4 is 5.32 Å². The Balaban J connectivity index is 2.18. The Kier molecular flexibility index (Phi) is 3.07. The Hall–Kier alpha value is -2.52. The van der Waals surface area contributed by atoms with E-state index in [1.807, 2.05) is 6.08 Å². The van der Waals surface area contributed by atoms with Crippen molar-refractivity contribution in [1.82, 2.24) is 0 Å². The molecule has 0 fully saturated rings. The van der Waals surface area contributed by atoms with E-state index in [4.69, 9.17) is 5.26 Å². The van der Waals surface area contributed by atoms with Crippen molar-refractivity contribution in [2.75, 3.05) is 11.6 Å². The van der Waals surface area contributed by atoms with Crippen molar-refractivity contribution in [2.45, 2.75) is 10.9 Å². The van der Waals surface area contributed by atoms with Crippen LogP contribution in [0.15, 0.2) is 40.3 Å². The van der Waals surface area contributed by atoms with Gasteiger partial charge in [-0.3, -0.25) is 4.21 Å². The Morgan fingerprint density at radius 3 is 2.76 bits per heavy atom. The summed E-state index contributed by atoms with van der Waals surface area (Å²) in [6.07, 6.45) is 8.45. The molecule has 0 aromatic heterocycles. The quantitative estimate of drug-likeness (QED) is 0.545. The molecule has 1 heterocycles. The second-order valence-corrected chi connectivity index (χ2v) is 6.17. The van der Waals surface area contributed by atoms with E-state index in [1.165, 1.54) is 6.26 Å². The van der Waals surface area contributed by atoms with Crippen LogP contribution >= 0.6 is 0 Å². The number of nitrogens with zero attached hydrogens (tertiary/aromatic N) is 1. The molecular weight excluding hydrogens is 288 g/mol. The third kappa shape index (κ3) is 2.12. The SMILES string of the molecule is CS(=O)c1cc2c(c(O)c1O)C=C1C=C(C#N)C=CC1N2. The highest BCUT2D eigenvalue weighted by atomic mass is 32.2. The minimum Gasteiger partial charge on any atom is -0.504 e. The summed E-state index contributed by atoms with van der Waals surface area (Å²) in [4.78, 5) is 0.184. The van der Waals surface area contributed by atoms with Crippen LogP contribution in [0.5, 0.6) is 11.5 Å². The molecule has 106 valence electrons. The number of allylic oxidation sites excluding steroid dienone is 2. The van der Waals surface area contributed by atoms with E-state index < -0.39 is 10.8 Å². The highest BCUT2D eigenvalue weighted by Crippen LogP contribution is 2.43. The van der Waals surface area contributed by atoms with Crippen molar-refractivity contribution in [3.05, 3.63) is 41.0 Å². The van der Waals surface area contributed by atoms with Gasteiger partial charge in [-0.25, -0.2) is 0 Å². The average molecular weight is 300 g/mol. The zero-order valence-corrected chi connectivity index (χ0v) is 11.9. The number of hydrogen-bond donors (Lipinski definition) is 3. The van der Waals surface area contributed by atoms with E-state index in [0.717, 1.165) is 5.57 Å². The number of anilines is 1. The Bertz CT molecular complexity index is 800. The standard InChI is InChI=1S/C15H12N2O3S/c1-21(20)13-6-12-10(14(18)15(13)19)5-9-4-8(7-16)2-3-11(9)17-12/h2-6,11,17-19H,1H3. The molecule has 6 heteroatoms. The summed E-state index contributed by atoms with van der Waals surface area (Å²) in [5, 5.41) is 32.2. The van der Waals surface area contributed by atoms with Gasteiger partial charge in [-0.2, -0.15) is 5.26 Å². The molecule has 0 amide bonds. The zero-order valence-electron chi connectivity index (χ0n) is 11.1. The van der Waals surface area contributed by atoms with E-state index in [1.54, 1.807) is 24.3 Å². The predicted octanol–water partition coefficient (Wildman–Crippen LogP) is 2.03. The molecule has 5 nitrogen and oxygen atoms in total. The van der Waals surface area contributed by atoms with Crippen LogP contribution in [0.3, 0.4) is 0 Å². The number of nitriles is 1. The predicted molar refractivity (Wildman–Crippen MR) is 80.3 cm³/mol. The minimum absolute atomic E-state index is 0.114. The topological polar surface area (TPSA) is 93.3 Å². The molecule has 0 saturated carbocycles. The molecule has 3 N–H and O–H groups in total. The van der Waals surface area contributed by atoms with Crippen LogP contribution in [0.25, 0.3) is 6.08 Å². The fourth-order valence-electron chi connectivity index (χ4n) is 2.43. The van der Waals surface area contributed by atoms with Crippen LogP contribution in [0.2, 0.25) is 0 Å². The third-order valence-corrected chi connectivity index (χ3v) is 4.42. The summed E-state index contributed by atoms with van der Waals surface area (Å²) in [6, 6.07) is 3.52. The first kappa shape index (κ1) is 13.5. The summed E-state index contributed by atoms with van der Waals surface area (Å²) in [6.45, 7) is 0. The lowest BCUT2D eigenvalue weighted by molar-refractivity contribution is 0.393. The van der Waals surface area contributed by atoms with Gasteiger partial charge < -0.3 is 15.5 Å². The number of phenols is 2. The van der Waals surface area contributed by atoms with Gasteiger partial charge in [0, 0.05) is 17.5 Å². The molecule has 0 spiro atoms. The number of aromatic hydroxyl groups is 2. The van der Waals surface area contributed by atoms with Gasteiger partial charge >= 0.3 is 0 Å². The molecule has 0 bridgehead atoms. The first-order valence-electron chi connectivity index (χ1n) is 6.21. The average Bonchev–Trinajstić information content (AvgIpc) is 2.48. The maximum absolute atomic E-state index is 11.6. The molecule has 2 atom stereocenters. The number of nitrogens with one attached hydrogen (secondary N) is 1. The Morgan fingerprint density at radius 1 is 1.33 bits per heavy atom. The molecule has 2 aliphatic rings.